The van der Waals surface area contributed by atoms with E-state index < -0.39 is 0 Å². The Hall–Kier alpha value is -0.160. The summed E-state index contributed by atoms with van der Waals surface area (Å²) >= 11 is 0. The van der Waals surface area contributed by atoms with Crippen molar-refractivity contribution in [3.05, 3.63) is 0 Å². The Morgan fingerprint density at radius 3 is 1.52 bits per heavy atom. The third-order valence-corrected chi connectivity index (χ3v) is 13.7. The van der Waals surface area contributed by atoms with Crippen LogP contribution in [0.15, 0.2) is 0 Å². The molecule has 4 nitrogen and oxygen atoms in total. The fourth-order valence-corrected chi connectivity index (χ4v) is 13.4. The molecule has 48 heavy (non-hydrogen) atoms. The van der Waals surface area contributed by atoms with Crippen LogP contribution >= 0.6 is 0 Å². The number of hydrogen-bond acceptors (Lipinski definition) is 4. The van der Waals surface area contributed by atoms with Crippen molar-refractivity contribution >= 4 is 0 Å². The molecule has 4 heteroatoms. The van der Waals surface area contributed by atoms with Gasteiger partial charge in [0.2, 0.25) is 0 Å². The van der Waals surface area contributed by atoms with Crippen molar-refractivity contribution in [2.75, 3.05) is 13.2 Å². The molecular formula is C44H82O4. The molecule has 6 fully saturated rings. The third-order valence-electron chi connectivity index (χ3n) is 13.7. The second-order valence-corrected chi connectivity index (χ2v) is 20.3. The summed E-state index contributed by atoms with van der Waals surface area (Å²) in [5.74, 6) is 9.77. The van der Waals surface area contributed by atoms with Crippen LogP contribution < -0.4 is 0 Å². The molecule has 0 radical (unpaired) electrons. The van der Waals surface area contributed by atoms with Crippen molar-refractivity contribution in [1.29, 1.82) is 0 Å². The largest absolute Gasteiger partial charge is 0.378 e. The summed E-state index contributed by atoms with van der Waals surface area (Å²) in [7, 11) is 0. The molecular weight excluding hydrogens is 592 g/mol. The van der Waals surface area contributed by atoms with Gasteiger partial charge < -0.3 is 18.9 Å². The van der Waals surface area contributed by atoms with Gasteiger partial charge in [0.1, 0.15) is 0 Å². The molecule has 4 aliphatic heterocycles. The highest BCUT2D eigenvalue weighted by molar-refractivity contribution is 5.10. The summed E-state index contributed by atoms with van der Waals surface area (Å²) < 4.78 is 25.0. The zero-order valence-corrected chi connectivity index (χ0v) is 34.7. The van der Waals surface area contributed by atoms with Gasteiger partial charge in [-0.15, -0.1) is 0 Å². The highest BCUT2D eigenvalue weighted by Crippen LogP contribution is 2.60. The predicted octanol–water partition coefficient (Wildman–Crippen LogP) is 11.5. The molecule has 4 heterocycles. The summed E-state index contributed by atoms with van der Waals surface area (Å²) in [6, 6.07) is 0. The van der Waals surface area contributed by atoms with Gasteiger partial charge in [0.15, 0.2) is 0 Å². The lowest BCUT2D eigenvalue weighted by Gasteiger charge is -2.43. The van der Waals surface area contributed by atoms with Gasteiger partial charge in [-0.05, 0) is 130 Å². The van der Waals surface area contributed by atoms with E-state index in [1.54, 1.807) is 0 Å². The Morgan fingerprint density at radius 2 is 1.00 bits per heavy atom. The molecule has 0 aromatic rings. The maximum Gasteiger partial charge on any atom is 0.0955 e. The monoisotopic (exact) mass is 675 g/mol. The fourth-order valence-electron chi connectivity index (χ4n) is 13.4. The molecule has 6 bridgehead atoms. The number of fused-ring (bicyclic) bond motifs is 6. The Labute approximate surface area is 299 Å². The standard InChI is InChI=1S/2C15H28O.C14H26O2/c1-9(2)7-15-8-11(5)13(12(6)16-15)14(15)10(3)4;1-10(2)9-15-8-6-7-13(12(5)16-15)14(15)11(3)4;1-9(2)6-14-8-15-7-12(11(5)16-14)13(14)10(3)4/h9-14H,7-8H2,1-6H3;10-14H,6-9H2,1-5H3;9-13H,6-8H2,1-5H3. The maximum atomic E-state index is 6.46. The second kappa shape index (κ2) is 15.8. The van der Waals surface area contributed by atoms with E-state index in [0.717, 1.165) is 72.9 Å². The van der Waals surface area contributed by atoms with Gasteiger partial charge in [0.25, 0.3) is 0 Å². The molecule has 0 N–H and O–H groups in total. The van der Waals surface area contributed by atoms with Crippen LogP contribution in [-0.2, 0) is 18.9 Å². The maximum absolute atomic E-state index is 6.46. The molecule has 0 amide bonds. The Kier molecular flexibility index (Phi) is 13.4. The summed E-state index contributed by atoms with van der Waals surface area (Å²) in [5, 5.41) is 0. The van der Waals surface area contributed by atoms with E-state index in [4.69, 9.17) is 18.9 Å². The Morgan fingerprint density at radius 1 is 0.542 bits per heavy atom. The molecule has 13 atom stereocenters. The molecule has 6 rings (SSSR count). The summed E-state index contributed by atoms with van der Waals surface area (Å²) in [6.45, 7) is 39.0. The van der Waals surface area contributed by atoms with Crippen LogP contribution in [0.4, 0.5) is 0 Å². The lowest BCUT2D eigenvalue weighted by molar-refractivity contribution is -0.126. The first kappa shape index (κ1) is 40.6. The SMILES string of the molecule is CC(C)CC12CC(C)C(C(C)O1)C2C(C)C.CC(C)CC12CCCC(C(C)O1)C2C(C)C.CC(C)CC12COCC(C(C)O1)C2C(C)C. The summed E-state index contributed by atoms with van der Waals surface area (Å²) in [5.41, 5.74) is 0.446. The lowest BCUT2D eigenvalue weighted by atomic mass is 9.63. The van der Waals surface area contributed by atoms with E-state index in [2.05, 4.69) is 111 Å². The van der Waals surface area contributed by atoms with Crippen molar-refractivity contribution in [3.8, 4) is 0 Å². The van der Waals surface area contributed by atoms with E-state index in [1.165, 1.54) is 38.5 Å². The van der Waals surface area contributed by atoms with Gasteiger partial charge in [-0.2, -0.15) is 0 Å². The van der Waals surface area contributed by atoms with Gasteiger partial charge in [0.05, 0.1) is 48.3 Å². The van der Waals surface area contributed by atoms with Crippen molar-refractivity contribution in [2.45, 2.75) is 191 Å². The molecule has 0 aromatic carbocycles. The zero-order valence-electron chi connectivity index (χ0n) is 34.7. The highest BCUT2D eigenvalue weighted by atomic mass is 16.6. The average Bonchev–Trinajstić information content (AvgIpc) is 3.49. The van der Waals surface area contributed by atoms with Crippen molar-refractivity contribution in [2.24, 2.45) is 76.9 Å². The molecule has 2 saturated carbocycles. The van der Waals surface area contributed by atoms with Crippen LogP contribution in [0.2, 0.25) is 0 Å². The topological polar surface area (TPSA) is 36.9 Å². The smallest absolute Gasteiger partial charge is 0.0955 e. The number of rotatable bonds is 9. The highest BCUT2D eigenvalue weighted by Gasteiger charge is 2.62. The first-order valence-corrected chi connectivity index (χ1v) is 20.9. The quantitative estimate of drug-likeness (QED) is 0.244. The minimum Gasteiger partial charge on any atom is -0.378 e. The van der Waals surface area contributed by atoms with E-state index in [1.807, 2.05) is 0 Å². The molecule has 0 spiro atoms. The molecule has 2 aliphatic carbocycles. The van der Waals surface area contributed by atoms with Gasteiger partial charge in [-0.25, -0.2) is 0 Å². The fraction of sp³-hybridized carbons (Fsp3) is 1.00. The van der Waals surface area contributed by atoms with E-state index in [-0.39, 0.29) is 16.8 Å². The van der Waals surface area contributed by atoms with Crippen LogP contribution in [0.5, 0.6) is 0 Å². The van der Waals surface area contributed by atoms with Gasteiger partial charge in [-0.1, -0.05) is 96.4 Å². The molecule has 4 saturated heterocycles. The van der Waals surface area contributed by atoms with Gasteiger partial charge in [0, 0.05) is 5.92 Å². The molecule has 13 unspecified atom stereocenters. The zero-order chi connectivity index (χ0) is 35.9. The van der Waals surface area contributed by atoms with Crippen LogP contribution in [0.1, 0.15) is 156 Å². The summed E-state index contributed by atoms with van der Waals surface area (Å²) in [6.07, 6.45) is 10.4. The second-order valence-electron chi connectivity index (χ2n) is 20.3. The average molecular weight is 675 g/mol. The van der Waals surface area contributed by atoms with E-state index in [0.29, 0.717) is 42.0 Å². The number of ether oxygens (including phenoxy) is 4. The van der Waals surface area contributed by atoms with Crippen LogP contribution in [-0.4, -0.2) is 48.3 Å². The summed E-state index contributed by atoms with van der Waals surface area (Å²) in [4.78, 5) is 0. The van der Waals surface area contributed by atoms with Crippen LogP contribution in [0.25, 0.3) is 0 Å². The van der Waals surface area contributed by atoms with E-state index in [9.17, 15) is 0 Å². The first-order valence-electron chi connectivity index (χ1n) is 20.9. The minimum absolute atomic E-state index is 0.00463. The van der Waals surface area contributed by atoms with Crippen molar-refractivity contribution in [1.82, 2.24) is 0 Å². The third kappa shape index (κ3) is 8.07. The van der Waals surface area contributed by atoms with Crippen molar-refractivity contribution in [3.63, 3.8) is 0 Å². The predicted molar refractivity (Wildman–Crippen MR) is 202 cm³/mol. The normalized spacial score (nSPS) is 44.6. The first-order chi connectivity index (χ1) is 22.3. The Bertz CT molecular complexity index is 904. The van der Waals surface area contributed by atoms with Crippen molar-refractivity contribution < 1.29 is 18.9 Å². The molecule has 0 aromatic heterocycles. The van der Waals surface area contributed by atoms with Crippen LogP contribution in [0.3, 0.4) is 0 Å². The van der Waals surface area contributed by atoms with Gasteiger partial charge >= 0.3 is 0 Å². The molecule has 282 valence electrons. The van der Waals surface area contributed by atoms with Gasteiger partial charge in [-0.3, -0.25) is 0 Å². The van der Waals surface area contributed by atoms with Crippen LogP contribution in [0, 0.1) is 76.9 Å². The lowest BCUT2D eigenvalue weighted by Crippen LogP contribution is -2.49. The minimum atomic E-state index is 0.00463. The Balaban J connectivity index is 0.000000163. The van der Waals surface area contributed by atoms with E-state index >= 15 is 0 Å². The number of hydrogen-bond donors (Lipinski definition) is 0. The molecule has 6 aliphatic rings.